The Morgan fingerprint density at radius 2 is 1.61 bits per heavy atom. The zero-order valence-corrected chi connectivity index (χ0v) is 24.1. The summed E-state index contributed by atoms with van der Waals surface area (Å²) in [6.45, 7) is 6.48. The molecule has 0 saturated heterocycles. The first-order chi connectivity index (χ1) is 17.8. The quantitative estimate of drug-likeness (QED) is 0.368. The molecule has 0 aliphatic heterocycles. The first-order valence-corrected chi connectivity index (χ1v) is 14.2. The van der Waals surface area contributed by atoms with Gasteiger partial charge in [0.25, 0.3) is 10.0 Å². The van der Waals surface area contributed by atoms with Crippen molar-refractivity contribution in [1.82, 2.24) is 10.2 Å². The number of halogens is 2. The van der Waals surface area contributed by atoms with Crippen LogP contribution in [0, 0.1) is 5.82 Å². The van der Waals surface area contributed by atoms with Gasteiger partial charge in [-0.25, -0.2) is 12.8 Å². The first kappa shape index (κ1) is 29.3. The van der Waals surface area contributed by atoms with Crippen molar-refractivity contribution in [2.45, 2.75) is 50.7 Å². The van der Waals surface area contributed by atoms with E-state index in [0.717, 1.165) is 4.31 Å². The Morgan fingerprint density at radius 3 is 2.18 bits per heavy atom. The van der Waals surface area contributed by atoms with E-state index in [4.69, 9.17) is 0 Å². The zero-order chi connectivity index (χ0) is 28.1. The molecule has 7 nitrogen and oxygen atoms in total. The van der Waals surface area contributed by atoms with E-state index in [0.29, 0.717) is 10.0 Å². The van der Waals surface area contributed by atoms with Gasteiger partial charge in [0.15, 0.2) is 0 Å². The molecule has 38 heavy (non-hydrogen) atoms. The Labute approximate surface area is 231 Å². The van der Waals surface area contributed by atoms with Crippen molar-refractivity contribution in [1.29, 1.82) is 0 Å². The Kier molecular flexibility index (Phi) is 9.32. The maximum Gasteiger partial charge on any atom is 0.264 e. The van der Waals surface area contributed by atoms with Crippen LogP contribution in [0.4, 0.5) is 10.1 Å². The van der Waals surface area contributed by atoms with E-state index in [2.05, 4.69) is 21.2 Å². The molecule has 3 rings (SSSR count). The summed E-state index contributed by atoms with van der Waals surface area (Å²) in [5.74, 6) is -1.42. The van der Waals surface area contributed by atoms with E-state index in [1.165, 1.54) is 41.3 Å². The van der Waals surface area contributed by atoms with Gasteiger partial charge in [0.1, 0.15) is 18.4 Å². The number of amides is 2. The maximum absolute atomic E-state index is 13.8. The number of sulfonamides is 1. The molecule has 0 radical (unpaired) electrons. The molecule has 0 unspecified atom stereocenters. The molecule has 0 aromatic heterocycles. The molecule has 0 bridgehead atoms. The fourth-order valence-corrected chi connectivity index (χ4v) is 5.54. The van der Waals surface area contributed by atoms with Gasteiger partial charge < -0.3 is 10.2 Å². The molecule has 3 aromatic rings. The van der Waals surface area contributed by atoms with Gasteiger partial charge in [0, 0.05) is 16.6 Å². The van der Waals surface area contributed by atoms with E-state index in [1.807, 2.05) is 20.8 Å². The SMILES string of the molecule is C[C@@H](C(=O)NC(C)(C)C)N(Cc1ccc(F)cc1)C(=O)CN(c1cccc(Br)c1)S(=O)(=O)c1ccccc1. The number of hydrogen-bond acceptors (Lipinski definition) is 4. The summed E-state index contributed by atoms with van der Waals surface area (Å²) >= 11 is 3.37. The number of hydrogen-bond donors (Lipinski definition) is 1. The van der Waals surface area contributed by atoms with Crippen molar-refractivity contribution in [3.05, 3.63) is 94.7 Å². The Hall–Kier alpha value is -3.24. The Morgan fingerprint density at radius 1 is 0.974 bits per heavy atom. The molecule has 202 valence electrons. The molecule has 0 fully saturated rings. The molecule has 0 saturated carbocycles. The number of carbonyl (C=O) groups is 2. The first-order valence-electron chi connectivity index (χ1n) is 12.0. The van der Waals surface area contributed by atoms with Crippen LogP contribution in [-0.2, 0) is 26.2 Å². The minimum atomic E-state index is -4.14. The summed E-state index contributed by atoms with van der Waals surface area (Å²) in [7, 11) is -4.14. The smallest absolute Gasteiger partial charge is 0.264 e. The lowest BCUT2D eigenvalue weighted by atomic mass is 10.1. The summed E-state index contributed by atoms with van der Waals surface area (Å²) in [5.41, 5.74) is 0.328. The van der Waals surface area contributed by atoms with Crippen LogP contribution in [0.25, 0.3) is 0 Å². The van der Waals surface area contributed by atoms with E-state index < -0.39 is 45.8 Å². The highest BCUT2D eigenvalue weighted by Crippen LogP contribution is 2.27. The van der Waals surface area contributed by atoms with Gasteiger partial charge in [0.2, 0.25) is 11.8 Å². The monoisotopic (exact) mass is 603 g/mol. The van der Waals surface area contributed by atoms with Gasteiger partial charge in [-0.15, -0.1) is 0 Å². The minimum Gasteiger partial charge on any atom is -0.350 e. The minimum absolute atomic E-state index is 0.0183. The fourth-order valence-electron chi connectivity index (χ4n) is 3.72. The van der Waals surface area contributed by atoms with Crippen LogP contribution in [0.15, 0.2) is 88.2 Å². The predicted molar refractivity (Wildman–Crippen MR) is 149 cm³/mol. The van der Waals surface area contributed by atoms with E-state index in [9.17, 15) is 22.4 Å². The second-order valence-electron chi connectivity index (χ2n) is 9.87. The molecule has 1 atom stereocenters. The highest BCUT2D eigenvalue weighted by Gasteiger charge is 2.33. The highest BCUT2D eigenvalue weighted by atomic mass is 79.9. The van der Waals surface area contributed by atoms with Crippen LogP contribution in [0.3, 0.4) is 0 Å². The lowest BCUT2D eigenvalue weighted by Gasteiger charge is -2.33. The van der Waals surface area contributed by atoms with Crippen molar-refractivity contribution < 1.29 is 22.4 Å². The third-order valence-electron chi connectivity index (χ3n) is 5.64. The molecule has 0 spiro atoms. The molecule has 0 aliphatic carbocycles. The average Bonchev–Trinajstić information content (AvgIpc) is 2.85. The Bertz CT molecular complexity index is 1380. The van der Waals surface area contributed by atoms with Crippen molar-refractivity contribution in [3.63, 3.8) is 0 Å². The van der Waals surface area contributed by atoms with Crippen molar-refractivity contribution in [2.24, 2.45) is 0 Å². The van der Waals surface area contributed by atoms with Gasteiger partial charge in [-0.2, -0.15) is 0 Å². The van der Waals surface area contributed by atoms with Gasteiger partial charge in [-0.3, -0.25) is 13.9 Å². The third-order valence-corrected chi connectivity index (χ3v) is 7.92. The fraction of sp³-hybridized carbons (Fsp3) is 0.286. The Balaban J connectivity index is 2.02. The van der Waals surface area contributed by atoms with Crippen LogP contribution in [-0.4, -0.2) is 43.3 Å². The third kappa shape index (κ3) is 7.64. The van der Waals surface area contributed by atoms with Gasteiger partial charge in [0.05, 0.1) is 10.6 Å². The average molecular weight is 605 g/mol. The van der Waals surface area contributed by atoms with E-state index >= 15 is 0 Å². The molecular weight excluding hydrogens is 573 g/mol. The molecule has 1 N–H and O–H groups in total. The number of rotatable bonds is 9. The number of benzene rings is 3. The predicted octanol–water partition coefficient (Wildman–Crippen LogP) is 5.12. The molecule has 3 aromatic carbocycles. The second-order valence-corrected chi connectivity index (χ2v) is 12.6. The lowest BCUT2D eigenvalue weighted by Crippen LogP contribution is -2.54. The number of nitrogens with zero attached hydrogens (tertiary/aromatic N) is 2. The van der Waals surface area contributed by atoms with Gasteiger partial charge in [-0.05, 0) is 75.7 Å². The van der Waals surface area contributed by atoms with Crippen LogP contribution in [0.1, 0.15) is 33.3 Å². The van der Waals surface area contributed by atoms with Crippen LogP contribution in [0.5, 0.6) is 0 Å². The van der Waals surface area contributed by atoms with Crippen molar-refractivity contribution in [3.8, 4) is 0 Å². The van der Waals surface area contributed by atoms with Crippen LogP contribution < -0.4 is 9.62 Å². The number of nitrogens with one attached hydrogen (secondary N) is 1. The zero-order valence-electron chi connectivity index (χ0n) is 21.7. The number of anilines is 1. The summed E-state index contributed by atoms with van der Waals surface area (Å²) in [5, 5.41) is 2.87. The van der Waals surface area contributed by atoms with Gasteiger partial charge >= 0.3 is 0 Å². The largest absolute Gasteiger partial charge is 0.350 e. The summed E-state index contributed by atoms with van der Waals surface area (Å²) in [6, 6.07) is 19.1. The van der Waals surface area contributed by atoms with Crippen molar-refractivity contribution in [2.75, 3.05) is 10.8 Å². The summed E-state index contributed by atoms with van der Waals surface area (Å²) < 4.78 is 42.6. The van der Waals surface area contributed by atoms with Crippen LogP contribution in [0.2, 0.25) is 0 Å². The second kappa shape index (κ2) is 12.1. The molecule has 10 heteroatoms. The van der Waals surface area contributed by atoms with E-state index in [-0.39, 0.29) is 17.1 Å². The molecule has 0 aliphatic rings. The molecule has 2 amide bonds. The highest BCUT2D eigenvalue weighted by molar-refractivity contribution is 9.10. The van der Waals surface area contributed by atoms with Crippen LogP contribution >= 0.6 is 15.9 Å². The normalized spacial score (nSPS) is 12.5. The number of carbonyl (C=O) groups excluding carboxylic acids is 2. The van der Waals surface area contributed by atoms with Gasteiger partial charge in [-0.1, -0.05) is 52.3 Å². The lowest BCUT2D eigenvalue weighted by molar-refractivity contribution is -0.140. The maximum atomic E-state index is 13.8. The standard InChI is InChI=1S/C28H31BrFN3O4S/c1-20(27(35)31-28(2,3)4)32(18-21-13-15-23(30)16-14-21)26(34)19-33(24-10-8-9-22(29)17-24)38(36,37)25-11-6-5-7-12-25/h5-17,20H,18-19H2,1-4H3,(H,31,35)/t20-/m0/s1. The molecule has 0 heterocycles. The summed E-state index contributed by atoms with van der Waals surface area (Å²) in [4.78, 5) is 28.2. The summed E-state index contributed by atoms with van der Waals surface area (Å²) in [6.07, 6.45) is 0. The molecular formula is C28H31BrFN3O4S. The van der Waals surface area contributed by atoms with Crippen molar-refractivity contribution >= 4 is 43.5 Å². The topological polar surface area (TPSA) is 86.8 Å². The van der Waals surface area contributed by atoms with E-state index in [1.54, 1.807) is 49.4 Å².